The molecule has 254 valence electrons. The van der Waals surface area contributed by atoms with Crippen LogP contribution in [0.5, 0.6) is 23.0 Å². The van der Waals surface area contributed by atoms with E-state index in [-0.39, 0.29) is 22.6 Å². The average molecular weight is 679 g/mol. The number of esters is 2. The summed E-state index contributed by atoms with van der Waals surface area (Å²) in [7, 11) is 2.50. The maximum Gasteiger partial charge on any atom is 0.420 e. The summed E-state index contributed by atoms with van der Waals surface area (Å²) < 4.78 is 140. The van der Waals surface area contributed by atoms with Crippen LogP contribution in [-0.4, -0.2) is 33.0 Å². The maximum atomic E-state index is 14.3. The van der Waals surface area contributed by atoms with Crippen molar-refractivity contribution < 1.29 is 73.1 Å². The Morgan fingerprint density at radius 3 is 1.43 bits per heavy atom. The van der Waals surface area contributed by atoms with E-state index in [0.717, 1.165) is 30.4 Å². The van der Waals surface area contributed by atoms with E-state index in [1.165, 1.54) is 32.4 Å². The summed E-state index contributed by atoms with van der Waals surface area (Å²) in [6.45, 7) is 4.21. The Bertz CT molecular complexity index is 1570. The highest BCUT2D eigenvalue weighted by Crippen LogP contribution is 2.49. The number of hydrogen-bond acceptors (Lipinski definition) is 8. The predicted molar refractivity (Wildman–Crippen MR) is 148 cm³/mol. The van der Waals surface area contributed by atoms with Crippen LogP contribution in [0.1, 0.15) is 22.3 Å². The molecule has 47 heavy (non-hydrogen) atoms. The molecule has 0 heterocycles. The zero-order valence-corrected chi connectivity index (χ0v) is 24.6. The lowest BCUT2D eigenvalue weighted by Crippen LogP contribution is -2.20. The topological polar surface area (TPSA) is 89.5 Å². The number of alkyl halides is 6. The molecule has 0 saturated heterocycles. The number of benzene rings is 3. The molecule has 3 aromatic carbocycles. The fourth-order valence-corrected chi connectivity index (χ4v) is 3.53. The largest absolute Gasteiger partial charge is 0.494 e. The van der Waals surface area contributed by atoms with E-state index in [0.29, 0.717) is 12.1 Å². The highest BCUT2D eigenvalue weighted by molar-refractivity contribution is 5.81. The molecule has 16 heteroatoms. The molecule has 0 saturated carbocycles. The highest BCUT2D eigenvalue weighted by Gasteiger charge is 2.48. The first-order valence-corrected chi connectivity index (χ1v) is 12.9. The summed E-state index contributed by atoms with van der Waals surface area (Å²) in [4.78, 5) is 20.8. The van der Waals surface area contributed by atoms with E-state index in [9.17, 15) is 44.7 Å². The van der Waals surface area contributed by atoms with Gasteiger partial charge in [-0.3, -0.25) is 0 Å². The van der Waals surface area contributed by atoms with Crippen LogP contribution in [0.2, 0.25) is 0 Å². The Labute approximate surface area is 262 Å². The van der Waals surface area contributed by atoms with Gasteiger partial charge in [0.1, 0.15) is 35.8 Å². The minimum atomic E-state index is -5.54. The van der Waals surface area contributed by atoms with Gasteiger partial charge in [0.25, 0.3) is 0 Å². The van der Waals surface area contributed by atoms with E-state index >= 15 is 0 Å². The molecule has 0 aliphatic heterocycles. The highest BCUT2D eigenvalue weighted by atomic mass is 19.4. The number of carbonyl (C=O) groups excluding carboxylic acids is 2. The zero-order chi connectivity index (χ0) is 35.4. The summed E-state index contributed by atoms with van der Waals surface area (Å²) in [5.41, 5.74) is -4.34. The van der Waals surface area contributed by atoms with E-state index < -0.39 is 78.6 Å². The molecule has 0 fully saturated rings. The summed E-state index contributed by atoms with van der Waals surface area (Å²) in [6, 6.07) is 7.65. The molecule has 0 bridgehead atoms. The van der Waals surface area contributed by atoms with Gasteiger partial charge in [-0.05, 0) is 47.5 Å². The van der Waals surface area contributed by atoms with Crippen molar-refractivity contribution >= 4 is 11.9 Å². The van der Waals surface area contributed by atoms with Crippen molar-refractivity contribution in [3.63, 3.8) is 0 Å². The molecule has 3 rings (SSSR count). The Balaban J connectivity index is 0.00000117. The number of carbonyl (C=O) groups is 2. The standard InChI is InChI=1S/C27H20F8O6.C4H6O2/c1-3-23(36)41-14-40-20-7-5-16(11-18(20)29)13-39-22-9-8-21(24(26(30,31)32)25(22)27(33,34)35)38-12-15-4-6-19(37-2)17(28)10-15;1-3-4(5)6-2/h3-11H,1,12-14H2,2H3;3H,1H2,2H3. The van der Waals surface area contributed by atoms with Crippen LogP contribution >= 0.6 is 0 Å². The third-order valence-corrected chi connectivity index (χ3v) is 5.65. The van der Waals surface area contributed by atoms with Crippen LogP contribution in [0.25, 0.3) is 0 Å². The van der Waals surface area contributed by atoms with Crippen molar-refractivity contribution in [1.82, 2.24) is 0 Å². The van der Waals surface area contributed by atoms with E-state index in [2.05, 4.69) is 22.6 Å². The predicted octanol–water partition coefficient (Wildman–Crippen LogP) is 7.58. The molecule has 8 nitrogen and oxygen atoms in total. The number of methoxy groups -OCH3 is 2. The van der Waals surface area contributed by atoms with Crippen molar-refractivity contribution in [2.45, 2.75) is 25.6 Å². The summed E-state index contributed by atoms with van der Waals surface area (Å²) in [5.74, 6) is -5.97. The first-order valence-electron chi connectivity index (χ1n) is 12.9. The van der Waals surface area contributed by atoms with Gasteiger partial charge >= 0.3 is 24.3 Å². The maximum absolute atomic E-state index is 14.3. The Morgan fingerprint density at radius 1 is 0.660 bits per heavy atom. The van der Waals surface area contributed by atoms with E-state index in [4.69, 9.17) is 18.9 Å². The molecule has 0 aromatic heterocycles. The van der Waals surface area contributed by atoms with Crippen LogP contribution in [0, 0.1) is 11.6 Å². The van der Waals surface area contributed by atoms with Crippen LogP contribution in [0.15, 0.2) is 73.8 Å². The summed E-state index contributed by atoms with van der Waals surface area (Å²) >= 11 is 0. The third-order valence-electron chi connectivity index (χ3n) is 5.65. The first-order chi connectivity index (χ1) is 22.0. The van der Waals surface area contributed by atoms with Crippen LogP contribution < -0.4 is 18.9 Å². The van der Waals surface area contributed by atoms with Gasteiger partial charge in [-0.1, -0.05) is 25.3 Å². The number of rotatable bonds is 12. The Morgan fingerprint density at radius 2 is 1.09 bits per heavy atom. The second-order valence-electron chi connectivity index (χ2n) is 8.78. The minimum absolute atomic E-state index is 0.0265. The monoisotopic (exact) mass is 678 g/mol. The van der Waals surface area contributed by atoms with Crippen molar-refractivity contribution in [2.75, 3.05) is 21.0 Å². The number of halogens is 8. The van der Waals surface area contributed by atoms with Crippen LogP contribution in [-0.2, 0) is 44.6 Å². The molecule has 0 unspecified atom stereocenters. The van der Waals surface area contributed by atoms with Gasteiger partial charge in [0.05, 0.1) is 14.2 Å². The Kier molecular flexibility index (Phi) is 13.6. The first kappa shape index (κ1) is 37.9. The fourth-order valence-electron chi connectivity index (χ4n) is 3.53. The van der Waals surface area contributed by atoms with E-state index in [1.54, 1.807) is 0 Å². The Hall–Kier alpha value is -5.28. The van der Waals surface area contributed by atoms with Crippen molar-refractivity contribution in [1.29, 1.82) is 0 Å². The van der Waals surface area contributed by atoms with Gasteiger partial charge in [0.2, 0.25) is 6.79 Å². The molecule has 0 atom stereocenters. The third kappa shape index (κ3) is 11.2. The smallest absolute Gasteiger partial charge is 0.420 e. The van der Waals surface area contributed by atoms with Crippen LogP contribution in [0.3, 0.4) is 0 Å². The summed E-state index contributed by atoms with van der Waals surface area (Å²) in [6.07, 6.45) is -9.12. The molecule has 3 aromatic rings. The quantitative estimate of drug-likeness (QED) is 0.0839. The molecular formula is C31H26F8O8. The average Bonchev–Trinajstić information content (AvgIpc) is 3.02. The molecular weight excluding hydrogens is 652 g/mol. The second-order valence-corrected chi connectivity index (χ2v) is 8.78. The fraction of sp³-hybridized carbons (Fsp3) is 0.226. The normalized spacial score (nSPS) is 10.9. The SMILES string of the molecule is C=CC(=O)OC.C=CC(=O)OCOc1ccc(COc2ccc(OCc3ccc(OC)c(F)c3)c(C(F)(F)F)c2C(F)(F)F)cc1F. The van der Waals surface area contributed by atoms with Gasteiger partial charge in [0.15, 0.2) is 23.1 Å². The lowest BCUT2D eigenvalue weighted by atomic mass is 10.0. The lowest BCUT2D eigenvalue weighted by Gasteiger charge is -2.22. The second kappa shape index (κ2) is 16.9. The van der Waals surface area contributed by atoms with Gasteiger partial charge in [-0.25, -0.2) is 18.4 Å². The van der Waals surface area contributed by atoms with Crippen molar-refractivity contribution in [2.24, 2.45) is 0 Å². The van der Waals surface area contributed by atoms with E-state index in [1.807, 2.05) is 0 Å². The van der Waals surface area contributed by atoms with Gasteiger partial charge in [0, 0.05) is 12.2 Å². The minimum Gasteiger partial charge on any atom is -0.494 e. The molecule has 0 aliphatic rings. The summed E-state index contributed by atoms with van der Waals surface area (Å²) in [5, 5.41) is 0. The van der Waals surface area contributed by atoms with Gasteiger partial charge in [-0.2, -0.15) is 26.3 Å². The molecule has 0 spiro atoms. The van der Waals surface area contributed by atoms with Crippen molar-refractivity contribution in [3.8, 4) is 23.0 Å². The van der Waals surface area contributed by atoms with Crippen LogP contribution in [0.4, 0.5) is 35.1 Å². The molecule has 0 N–H and O–H groups in total. The molecule has 0 radical (unpaired) electrons. The molecule has 0 amide bonds. The van der Waals surface area contributed by atoms with Gasteiger partial charge < -0.3 is 28.4 Å². The lowest BCUT2D eigenvalue weighted by molar-refractivity contribution is -0.164. The molecule has 0 aliphatic carbocycles. The van der Waals surface area contributed by atoms with Gasteiger partial charge in [-0.15, -0.1) is 0 Å². The van der Waals surface area contributed by atoms with Crippen molar-refractivity contribution in [3.05, 3.63) is 108 Å². The zero-order valence-electron chi connectivity index (χ0n) is 24.6. The number of hydrogen-bond donors (Lipinski definition) is 0. The number of ether oxygens (including phenoxy) is 6.